The number of nitrogens with zero attached hydrogens (tertiary/aromatic N) is 3. The first-order valence-corrected chi connectivity index (χ1v) is 9.63. The van der Waals surface area contributed by atoms with Crippen molar-refractivity contribution in [2.75, 3.05) is 45.9 Å². The molecule has 27 heavy (non-hydrogen) atoms. The first-order valence-electron chi connectivity index (χ1n) is 9.63. The van der Waals surface area contributed by atoms with E-state index in [0.717, 1.165) is 19.4 Å². The maximum absolute atomic E-state index is 12.8. The van der Waals surface area contributed by atoms with E-state index in [1.54, 1.807) is 26.8 Å². The van der Waals surface area contributed by atoms with Crippen LogP contribution in [0.2, 0.25) is 0 Å². The van der Waals surface area contributed by atoms with Crippen molar-refractivity contribution in [3.8, 4) is 0 Å². The van der Waals surface area contributed by atoms with E-state index in [-0.39, 0.29) is 36.2 Å². The highest BCUT2D eigenvalue weighted by Crippen LogP contribution is 2.23. The molecule has 1 aromatic rings. The summed E-state index contributed by atoms with van der Waals surface area (Å²) >= 11 is 0. The van der Waals surface area contributed by atoms with Gasteiger partial charge in [-0.3, -0.25) is 14.4 Å². The molecule has 4 rings (SSSR count). The summed E-state index contributed by atoms with van der Waals surface area (Å²) in [6.07, 6.45) is 3.88. The molecule has 3 aliphatic heterocycles. The second-order valence-corrected chi connectivity index (χ2v) is 7.43. The summed E-state index contributed by atoms with van der Waals surface area (Å²) in [5.41, 5.74) is 0. The summed E-state index contributed by atoms with van der Waals surface area (Å²) in [6, 6.07) is 3.33. The van der Waals surface area contributed by atoms with Crippen molar-refractivity contribution in [3.05, 3.63) is 24.2 Å². The minimum absolute atomic E-state index is 0.0169. The van der Waals surface area contributed by atoms with E-state index in [1.165, 1.54) is 6.26 Å². The Bertz CT molecular complexity index is 690. The molecule has 8 heteroatoms. The van der Waals surface area contributed by atoms with E-state index in [4.69, 9.17) is 9.15 Å². The highest BCUT2D eigenvalue weighted by Gasteiger charge is 2.38. The minimum atomic E-state index is -0.286. The Morgan fingerprint density at radius 1 is 1.15 bits per heavy atom. The third kappa shape index (κ3) is 3.85. The second kappa shape index (κ2) is 7.72. The predicted octanol–water partition coefficient (Wildman–Crippen LogP) is 0.591. The molecule has 146 valence electrons. The Hall–Kier alpha value is -2.35. The number of amides is 3. The molecule has 3 fully saturated rings. The van der Waals surface area contributed by atoms with Gasteiger partial charge in [-0.05, 0) is 25.0 Å². The van der Waals surface area contributed by atoms with Crippen molar-refractivity contribution in [1.29, 1.82) is 0 Å². The van der Waals surface area contributed by atoms with Crippen LogP contribution in [0.25, 0.3) is 0 Å². The van der Waals surface area contributed by atoms with E-state index in [0.29, 0.717) is 45.0 Å². The molecule has 2 unspecified atom stereocenters. The number of carbonyl (C=O) groups excluding carboxylic acids is 3. The molecule has 3 amide bonds. The van der Waals surface area contributed by atoms with Crippen LogP contribution >= 0.6 is 0 Å². The lowest BCUT2D eigenvalue weighted by Gasteiger charge is -2.35. The van der Waals surface area contributed by atoms with Crippen LogP contribution in [0.3, 0.4) is 0 Å². The van der Waals surface area contributed by atoms with Crippen molar-refractivity contribution in [3.63, 3.8) is 0 Å². The molecule has 2 atom stereocenters. The number of piperazine rings is 1. The standard InChI is InChI=1S/C19H25N3O5/c23-17-11-14(12-22(17)13-15-3-1-9-26-15)18(24)20-5-7-21(8-6-20)19(25)16-4-2-10-27-16/h2,4,10,14-15H,1,3,5-9,11-13H2. The number of likely N-dealkylation sites (tertiary alicyclic amines) is 1. The number of ether oxygens (including phenoxy) is 1. The fraction of sp³-hybridized carbons (Fsp3) is 0.632. The van der Waals surface area contributed by atoms with Crippen LogP contribution in [0.1, 0.15) is 29.8 Å². The van der Waals surface area contributed by atoms with Gasteiger partial charge in [0.05, 0.1) is 18.3 Å². The summed E-state index contributed by atoms with van der Waals surface area (Å²) < 4.78 is 10.8. The number of rotatable bonds is 4. The summed E-state index contributed by atoms with van der Waals surface area (Å²) in [5, 5.41) is 0. The van der Waals surface area contributed by atoms with Crippen LogP contribution in [-0.4, -0.2) is 84.4 Å². The minimum Gasteiger partial charge on any atom is -0.459 e. The molecular formula is C19H25N3O5. The van der Waals surface area contributed by atoms with Crippen LogP contribution in [0, 0.1) is 5.92 Å². The van der Waals surface area contributed by atoms with Gasteiger partial charge in [0.2, 0.25) is 11.8 Å². The summed E-state index contributed by atoms with van der Waals surface area (Å²) in [5.74, 6) is -0.0585. The van der Waals surface area contributed by atoms with Crippen molar-refractivity contribution in [2.24, 2.45) is 5.92 Å². The highest BCUT2D eigenvalue weighted by atomic mass is 16.5. The molecule has 0 radical (unpaired) electrons. The maximum atomic E-state index is 12.8. The number of hydrogen-bond acceptors (Lipinski definition) is 5. The average Bonchev–Trinajstić information content (AvgIpc) is 3.44. The lowest BCUT2D eigenvalue weighted by atomic mass is 10.1. The molecule has 8 nitrogen and oxygen atoms in total. The lowest BCUT2D eigenvalue weighted by molar-refractivity contribution is -0.137. The van der Waals surface area contributed by atoms with Gasteiger partial charge in [0, 0.05) is 52.3 Å². The first-order chi connectivity index (χ1) is 13.1. The number of furan rings is 1. The molecule has 0 saturated carbocycles. The number of carbonyl (C=O) groups is 3. The largest absolute Gasteiger partial charge is 0.459 e. The average molecular weight is 375 g/mol. The van der Waals surface area contributed by atoms with Gasteiger partial charge >= 0.3 is 0 Å². The lowest BCUT2D eigenvalue weighted by Crippen LogP contribution is -2.52. The Morgan fingerprint density at radius 2 is 1.93 bits per heavy atom. The van der Waals surface area contributed by atoms with E-state index >= 15 is 0 Å². The fourth-order valence-corrected chi connectivity index (χ4v) is 4.09. The number of hydrogen-bond donors (Lipinski definition) is 0. The van der Waals surface area contributed by atoms with E-state index in [1.807, 2.05) is 0 Å². The third-order valence-corrected chi connectivity index (χ3v) is 5.62. The first kappa shape index (κ1) is 18.0. The van der Waals surface area contributed by atoms with Gasteiger partial charge in [-0.25, -0.2) is 0 Å². The molecule has 3 aliphatic rings. The monoisotopic (exact) mass is 375 g/mol. The smallest absolute Gasteiger partial charge is 0.289 e. The van der Waals surface area contributed by atoms with Crippen molar-refractivity contribution >= 4 is 17.7 Å². The van der Waals surface area contributed by atoms with Gasteiger partial charge in [-0.1, -0.05) is 0 Å². The zero-order valence-corrected chi connectivity index (χ0v) is 15.3. The molecule has 0 aromatic carbocycles. The van der Waals surface area contributed by atoms with Gasteiger partial charge < -0.3 is 23.9 Å². The molecule has 1 aromatic heterocycles. The van der Waals surface area contributed by atoms with Crippen LogP contribution in [0.5, 0.6) is 0 Å². The van der Waals surface area contributed by atoms with Gasteiger partial charge in [0.15, 0.2) is 5.76 Å². The molecule has 4 heterocycles. The van der Waals surface area contributed by atoms with E-state index < -0.39 is 0 Å². The van der Waals surface area contributed by atoms with Gasteiger partial charge in [-0.2, -0.15) is 0 Å². The van der Waals surface area contributed by atoms with Crippen LogP contribution in [-0.2, 0) is 14.3 Å². The molecule has 0 bridgehead atoms. The topological polar surface area (TPSA) is 83.3 Å². The molecule has 0 aliphatic carbocycles. The Morgan fingerprint density at radius 3 is 2.59 bits per heavy atom. The quantitative estimate of drug-likeness (QED) is 0.769. The Balaban J connectivity index is 1.28. The van der Waals surface area contributed by atoms with E-state index in [9.17, 15) is 14.4 Å². The predicted molar refractivity (Wildman–Crippen MR) is 94.9 cm³/mol. The van der Waals surface area contributed by atoms with Crippen molar-refractivity contribution in [2.45, 2.75) is 25.4 Å². The van der Waals surface area contributed by atoms with Crippen molar-refractivity contribution in [1.82, 2.24) is 14.7 Å². The van der Waals surface area contributed by atoms with Gasteiger partial charge in [-0.15, -0.1) is 0 Å². The normalized spacial score (nSPS) is 26.1. The second-order valence-electron chi connectivity index (χ2n) is 7.43. The summed E-state index contributed by atoms with van der Waals surface area (Å²) in [6.45, 7) is 3.76. The fourth-order valence-electron chi connectivity index (χ4n) is 4.09. The maximum Gasteiger partial charge on any atom is 0.289 e. The van der Waals surface area contributed by atoms with Crippen LogP contribution < -0.4 is 0 Å². The third-order valence-electron chi connectivity index (χ3n) is 5.62. The summed E-state index contributed by atoms with van der Waals surface area (Å²) in [7, 11) is 0. The SMILES string of the molecule is O=C1CC(C(=O)N2CCN(C(=O)c3ccco3)CC2)CN1CC1CCCO1. The Labute approximate surface area is 158 Å². The zero-order chi connectivity index (χ0) is 18.8. The summed E-state index contributed by atoms with van der Waals surface area (Å²) in [4.78, 5) is 42.7. The van der Waals surface area contributed by atoms with E-state index in [2.05, 4.69) is 0 Å². The van der Waals surface area contributed by atoms with Crippen LogP contribution in [0.15, 0.2) is 22.8 Å². The molecular weight excluding hydrogens is 350 g/mol. The highest BCUT2D eigenvalue weighted by molar-refractivity contribution is 5.92. The zero-order valence-electron chi connectivity index (χ0n) is 15.3. The van der Waals surface area contributed by atoms with Crippen molar-refractivity contribution < 1.29 is 23.5 Å². The van der Waals surface area contributed by atoms with Gasteiger partial charge in [0.1, 0.15) is 0 Å². The van der Waals surface area contributed by atoms with Crippen LogP contribution in [0.4, 0.5) is 0 Å². The molecule has 0 N–H and O–H groups in total. The molecule has 0 spiro atoms. The van der Waals surface area contributed by atoms with Gasteiger partial charge in [0.25, 0.3) is 5.91 Å². The molecule has 3 saturated heterocycles. The Kier molecular flexibility index (Phi) is 5.15.